The Bertz CT molecular complexity index is 399. The molecule has 1 aromatic heterocycles. The summed E-state index contributed by atoms with van der Waals surface area (Å²) in [6.45, 7) is 0.611. The Kier molecular flexibility index (Phi) is 3.46. The van der Waals surface area contributed by atoms with Crippen molar-refractivity contribution in [1.29, 1.82) is 0 Å². The van der Waals surface area contributed by atoms with Crippen LogP contribution in [0.15, 0.2) is 22.8 Å². The number of likely N-dealkylation sites (tertiary alicyclic amines) is 1. The minimum absolute atomic E-state index is 0.0250. The van der Waals surface area contributed by atoms with Crippen LogP contribution in [0.4, 0.5) is 0 Å². The van der Waals surface area contributed by atoms with Gasteiger partial charge in [0, 0.05) is 18.9 Å². The van der Waals surface area contributed by atoms with E-state index in [-0.39, 0.29) is 24.3 Å². The largest absolute Gasteiger partial charge is 0.469 e. The molecule has 0 radical (unpaired) electrons. The molecule has 5 heteroatoms. The molecule has 1 fully saturated rings. The average molecular weight is 237 g/mol. The Hall–Kier alpha value is -1.78. The quantitative estimate of drug-likeness (QED) is 0.740. The van der Waals surface area contributed by atoms with Gasteiger partial charge in [0.15, 0.2) is 0 Å². The summed E-state index contributed by atoms with van der Waals surface area (Å²) < 4.78 is 9.85. The summed E-state index contributed by atoms with van der Waals surface area (Å²) in [5.41, 5.74) is 0. The van der Waals surface area contributed by atoms with E-state index in [9.17, 15) is 9.59 Å². The second kappa shape index (κ2) is 5.03. The number of amides is 1. The van der Waals surface area contributed by atoms with Crippen molar-refractivity contribution in [1.82, 2.24) is 4.90 Å². The van der Waals surface area contributed by atoms with Crippen molar-refractivity contribution in [3.63, 3.8) is 0 Å². The molecule has 17 heavy (non-hydrogen) atoms. The normalized spacial score (nSPS) is 20.4. The minimum atomic E-state index is -0.380. The summed E-state index contributed by atoms with van der Waals surface area (Å²) in [6, 6.07) is 3.70. The molecule has 1 amide bonds. The lowest BCUT2D eigenvalue weighted by molar-refractivity contribution is -0.148. The topological polar surface area (TPSA) is 59.8 Å². The van der Waals surface area contributed by atoms with Crippen molar-refractivity contribution in [3.8, 4) is 0 Å². The lowest BCUT2D eigenvalue weighted by Crippen LogP contribution is -2.41. The van der Waals surface area contributed by atoms with Crippen LogP contribution in [0.2, 0.25) is 0 Å². The number of piperidine rings is 1. The molecule has 0 saturated carbocycles. The molecule has 92 valence electrons. The van der Waals surface area contributed by atoms with E-state index in [1.54, 1.807) is 6.26 Å². The molecule has 2 rings (SSSR count). The van der Waals surface area contributed by atoms with E-state index in [0.29, 0.717) is 13.0 Å². The fourth-order valence-corrected chi connectivity index (χ4v) is 2.03. The Morgan fingerprint density at radius 1 is 1.65 bits per heavy atom. The molecular weight excluding hydrogens is 222 g/mol. The fourth-order valence-electron chi connectivity index (χ4n) is 2.03. The number of methoxy groups -OCH3 is 1. The number of esters is 1. The zero-order valence-corrected chi connectivity index (χ0v) is 9.72. The highest BCUT2D eigenvalue weighted by Gasteiger charge is 2.29. The van der Waals surface area contributed by atoms with Gasteiger partial charge in [-0.25, -0.2) is 0 Å². The first-order chi connectivity index (χ1) is 8.20. The zero-order chi connectivity index (χ0) is 12.3. The van der Waals surface area contributed by atoms with E-state index in [1.807, 2.05) is 12.1 Å². The lowest BCUT2D eigenvalue weighted by atomic mass is 9.94. The van der Waals surface area contributed by atoms with Gasteiger partial charge in [0.05, 0.1) is 13.4 Å². The highest BCUT2D eigenvalue weighted by atomic mass is 16.5. The first kappa shape index (κ1) is 11.7. The predicted octanol–water partition coefficient (Wildman–Crippen LogP) is 1.16. The van der Waals surface area contributed by atoms with E-state index in [2.05, 4.69) is 4.74 Å². The Balaban J connectivity index is 1.93. The Morgan fingerprint density at radius 3 is 3.06 bits per heavy atom. The number of rotatable bonds is 3. The zero-order valence-electron chi connectivity index (χ0n) is 9.72. The number of ether oxygens (including phenoxy) is 1. The van der Waals surface area contributed by atoms with Crippen LogP contribution < -0.4 is 0 Å². The third-order valence-corrected chi connectivity index (χ3v) is 3.01. The van der Waals surface area contributed by atoms with Gasteiger partial charge in [-0.3, -0.25) is 9.59 Å². The standard InChI is InChI=1S/C12H15NO4/c1-16-12(15)8-13-5-4-9(7-11(13)14)10-3-2-6-17-10/h2-3,6,9H,4-5,7-8H2,1H3. The summed E-state index contributed by atoms with van der Waals surface area (Å²) in [5.74, 6) is 0.570. The van der Waals surface area contributed by atoms with Crippen LogP contribution in [0.3, 0.4) is 0 Å². The molecule has 0 aliphatic carbocycles. The molecule has 1 aliphatic heterocycles. The van der Waals surface area contributed by atoms with E-state index in [0.717, 1.165) is 12.2 Å². The summed E-state index contributed by atoms with van der Waals surface area (Å²) in [6.07, 6.45) is 2.82. The predicted molar refractivity (Wildman–Crippen MR) is 59.3 cm³/mol. The number of hydrogen-bond donors (Lipinski definition) is 0. The third-order valence-electron chi connectivity index (χ3n) is 3.01. The maximum atomic E-state index is 11.8. The van der Waals surface area contributed by atoms with Crippen molar-refractivity contribution in [2.45, 2.75) is 18.8 Å². The molecule has 0 N–H and O–H groups in total. The number of carbonyl (C=O) groups is 2. The molecule has 2 heterocycles. The molecule has 1 aromatic rings. The monoisotopic (exact) mass is 237 g/mol. The maximum Gasteiger partial charge on any atom is 0.325 e. The van der Waals surface area contributed by atoms with E-state index < -0.39 is 0 Å². The van der Waals surface area contributed by atoms with Crippen LogP contribution in [0.5, 0.6) is 0 Å². The van der Waals surface area contributed by atoms with Gasteiger partial charge >= 0.3 is 5.97 Å². The highest BCUT2D eigenvalue weighted by Crippen LogP contribution is 2.28. The van der Waals surface area contributed by atoms with Gasteiger partial charge in [0.25, 0.3) is 0 Å². The van der Waals surface area contributed by atoms with Gasteiger partial charge in [-0.05, 0) is 18.6 Å². The highest BCUT2D eigenvalue weighted by molar-refractivity contribution is 5.83. The molecule has 0 bridgehead atoms. The fraction of sp³-hybridized carbons (Fsp3) is 0.500. The first-order valence-corrected chi connectivity index (χ1v) is 5.58. The number of hydrogen-bond acceptors (Lipinski definition) is 4. The maximum absolute atomic E-state index is 11.8. The third kappa shape index (κ3) is 2.67. The summed E-state index contributed by atoms with van der Waals surface area (Å²) >= 11 is 0. The number of furan rings is 1. The summed E-state index contributed by atoms with van der Waals surface area (Å²) in [4.78, 5) is 24.5. The van der Waals surface area contributed by atoms with Crippen molar-refractivity contribution < 1.29 is 18.7 Å². The SMILES string of the molecule is COC(=O)CN1CCC(c2ccco2)CC1=O. The first-order valence-electron chi connectivity index (χ1n) is 5.58. The van der Waals surface area contributed by atoms with Crippen LogP contribution in [0, 0.1) is 0 Å². The van der Waals surface area contributed by atoms with Crippen molar-refractivity contribution in [2.24, 2.45) is 0 Å². The van der Waals surface area contributed by atoms with Crippen LogP contribution in [-0.4, -0.2) is 37.0 Å². The van der Waals surface area contributed by atoms with Gasteiger partial charge in [-0.2, -0.15) is 0 Å². The van der Waals surface area contributed by atoms with Gasteiger partial charge in [-0.15, -0.1) is 0 Å². The molecule has 0 spiro atoms. The lowest BCUT2D eigenvalue weighted by Gasteiger charge is -2.29. The van der Waals surface area contributed by atoms with Crippen LogP contribution in [-0.2, 0) is 14.3 Å². The molecule has 1 unspecified atom stereocenters. The number of nitrogens with zero attached hydrogens (tertiary/aromatic N) is 1. The van der Waals surface area contributed by atoms with Crippen LogP contribution in [0.25, 0.3) is 0 Å². The van der Waals surface area contributed by atoms with Gasteiger partial charge in [0.1, 0.15) is 12.3 Å². The van der Waals surface area contributed by atoms with Gasteiger partial charge in [-0.1, -0.05) is 0 Å². The van der Waals surface area contributed by atoms with E-state index in [4.69, 9.17) is 4.42 Å². The molecular formula is C12H15NO4. The number of carbonyl (C=O) groups excluding carboxylic acids is 2. The van der Waals surface area contributed by atoms with Crippen molar-refractivity contribution >= 4 is 11.9 Å². The molecule has 1 atom stereocenters. The minimum Gasteiger partial charge on any atom is -0.469 e. The second-order valence-electron chi connectivity index (χ2n) is 4.10. The van der Waals surface area contributed by atoms with Crippen molar-refractivity contribution in [2.75, 3.05) is 20.2 Å². The second-order valence-corrected chi connectivity index (χ2v) is 4.10. The van der Waals surface area contributed by atoms with E-state index >= 15 is 0 Å². The van der Waals surface area contributed by atoms with Gasteiger partial charge in [0.2, 0.25) is 5.91 Å². The smallest absolute Gasteiger partial charge is 0.325 e. The molecule has 5 nitrogen and oxygen atoms in total. The summed E-state index contributed by atoms with van der Waals surface area (Å²) in [5, 5.41) is 0. The van der Waals surface area contributed by atoms with Crippen molar-refractivity contribution in [3.05, 3.63) is 24.2 Å². The molecule has 1 aliphatic rings. The molecule has 1 saturated heterocycles. The van der Waals surface area contributed by atoms with Crippen LogP contribution in [0.1, 0.15) is 24.5 Å². The van der Waals surface area contributed by atoms with Gasteiger partial charge < -0.3 is 14.1 Å². The summed E-state index contributed by atoms with van der Waals surface area (Å²) in [7, 11) is 1.32. The van der Waals surface area contributed by atoms with E-state index in [1.165, 1.54) is 12.0 Å². The Morgan fingerprint density at radius 2 is 2.47 bits per heavy atom. The molecule has 0 aromatic carbocycles. The van der Waals surface area contributed by atoms with Crippen LogP contribution >= 0.6 is 0 Å². The Labute approximate surface area is 99.3 Å². The average Bonchev–Trinajstić information content (AvgIpc) is 2.85.